The van der Waals surface area contributed by atoms with Crippen LogP contribution in [0.1, 0.15) is 26.2 Å². The van der Waals surface area contributed by atoms with Gasteiger partial charge in [0, 0.05) is 19.1 Å². The van der Waals surface area contributed by atoms with Crippen LogP contribution in [0.2, 0.25) is 0 Å². The minimum Gasteiger partial charge on any atom is -0.369 e. The number of nitrogens with two attached hydrogens (primary N) is 1. The molecule has 15 heavy (non-hydrogen) atoms. The number of rotatable bonds is 2. The molecule has 2 aliphatic rings. The number of carbonyl (C=O) groups excluding carboxylic acids is 1. The van der Waals surface area contributed by atoms with Crippen molar-refractivity contribution >= 4 is 5.91 Å². The number of amides is 1. The van der Waals surface area contributed by atoms with E-state index in [4.69, 9.17) is 5.73 Å². The zero-order chi connectivity index (χ0) is 10.9. The van der Waals surface area contributed by atoms with Gasteiger partial charge in [0.05, 0.1) is 5.41 Å². The lowest BCUT2D eigenvalue weighted by molar-refractivity contribution is -0.126. The molecule has 3 N–H and O–H groups in total. The van der Waals surface area contributed by atoms with E-state index in [-0.39, 0.29) is 11.3 Å². The summed E-state index contributed by atoms with van der Waals surface area (Å²) in [7, 11) is 0. The van der Waals surface area contributed by atoms with Gasteiger partial charge in [0.25, 0.3) is 0 Å². The standard InChI is InChI=1S/C11H21N3O/c1-11(10(12)15)4-6-14(8-11)9-3-2-5-13-7-9/h9,13H,2-8H2,1H3,(H2,12,15). The maximum atomic E-state index is 11.3. The molecule has 2 rings (SSSR count). The molecule has 2 heterocycles. The second-order valence-corrected chi connectivity index (χ2v) is 5.15. The quantitative estimate of drug-likeness (QED) is 0.672. The minimum atomic E-state index is -0.294. The summed E-state index contributed by atoms with van der Waals surface area (Å²) < 4.78 is 0. The van der Waals surface area contributed by atoms with Crippen LogP contribution < -0.4 is 11.1 Å². The number of hydrogen-bond acceptors (Lipinski definition) is 3. The maximum Gasteiger partial charge on any atom is 0.224 e. The largest absolute Gasteiger partial charge is 0.369 e. The van der Waals surface area contributed by atoms with Crippen LogP contribution in [0.15, 0.2) is 0 Å². The summed E-state index contributed by atoms with van der Waals surface area (Å²) in [6.07, 6.45) is 3.41. The number of nitrogens with one attached hydrogen (secondary N) is 1. The predicted molar refractivity (Wildman–Crippen MR) is 59.4 cm³/mol. The van der Waals surface area contributed by atoms with Crippen LogP contribution in [0, 0.1) is 5.41 Å². The SMILES string of the molecule is CC1(C(N)=O)CCN(C2CCCNC2)C1. The molecule has 4 nitrogen and oxygen atoms in total. The Hall–Kier alpha value is -0.610. The third kappa shape index (κ3) is 2.16. The summed E-state index contributed by atoms with van der Waals surface area (Å²) in [6, 6.07) is 0.611. The first-order chi connectivity index (χ1) is 7.12. The molecule has 4 heteroatoms. The van der Waals surface area contributed by atoms with Gasteiger partial charge in [-0.05, 0) is 39.3 Å². The Morgan fingerprint density at radius 1 is 1.60 bits per heavy atom. The zero-order valence-corrected chi connectivity index (χ0v) is 9.46. The van der Waals surface area contributed by atoms with Gasteiger partial charge in [-0.15, -0.1) is 0 Å². The Morgan fingerprint density at radius 3 is 2.93 bits per heavy atom. The van der Waals surface area contributed by atoms with E-state index in [1.165, 1.54) is 12.8 Å². The van der Waals surface area contributed by atoms with E-state index in [2.05, 4.69) is 10.2 Å². The lowest BCUT2D eigenvalue weighted by Gasteiger charge is -2.32. The minimum absolute atomic E-state index is 0.145. The van der Waals surface area contributed by atoms with E-state index < -0.39 is 0 Å². The van der Waals surface area contributed by atoms with Crippen molar-refractivity contribution < 1.29 is 4.79 Å². The molecule has 1 amide bonds. The van der Waals surface area contributed by atoms with Gasteiger partial charge in [0.1, 0.15) is 0 Å². The number of likely N-dealkylation sites (tertiary alicyclic amines) is 1. The van der Waals surface area contributed by atoms with Gasteiger partial charge in [-0.25, -0.2) is 0 Å². The summed E-state index contributed by atoms with van der Waals surface area (Å²) in [5.41, 5.74) is 5.15. The monoisotopic (exact) mass is 211 g/mol. The lowest BCUT2D eigenvalue weighted by Crippen LogP contribution is -2.46. The molecule has 0 radical (unpaired) electrons. The first kappa shape index (κ1) is 10.9. The molecule has 0 aromatic carbocycles. The van der Waals surface area contributed by atoms with Crippen LogP contribution in [0.3, 0.4) is 0 Å². The van der Waals surface area contributed by atoms with E-state index in [1.54, 1.807) is 0 Å². The smallest absolute Gasteiger partial charge is 0.224 e. The molecule has 2 aliphatic heterocycles. The lowest BCUT2D eigenvalue weighted by atomic mass is 9.89. The first-order valence-electron chi connectivity index (χ1n) is 5.86. The van der Waals surface area contributed by atoms with E-state index in [0.717, 1.165) is 32.6 Å². The average molecular weight is 211 g/mol. The summed E-state index contributed by atoms with van der Waals surface area (Å²) in [6.45, 7) is 6.05. The van der Waals surface area contributed by atoms with Crippen LogP contribution in [0.25, 0.3) is 0 Å². The molecule has 2 atom stereocenters. The average Bonchev–Trinajstić information content (AvgIpc) is 2.64. The fourth-order valence-electron chi connectivity index (χ4n) is 2.65. The molecular weight excluding hydrogens is 190 g/mol. The Kier molecular flexibility index (Phi) is 2.98. The number of nitrogens with zero attached hydrogens (tertiary/aromatic N) is 1. The van der Waals surface area contributed by atoms with Gasteiger partial charge in [0.2, 0.25) is 5.91 Å². The molecular formula is C11H21N3O. The zero-order valence-electron chi connectivity index (χ0n) is 9.46. The van der Waals surface area contributed by atoms with Crippen LogP contribution in [-0.4, -0.2) is 43.0 Å². The third-order valence-electron chi connectivity index (χ3n) is 3.88. The van der Waals surface area contributed by atoms with Gasteiger partial charge in [-0.2, -0.15) is 0 Å². The highest BCUT2D eigenvalue weighted by Crippen LogP contribution is 2.31. The second kappa shape index (κ2) is 4.10. The molecule has 0 aromatic heterocycles. The highest BCUT2D eigenvalue weighted by Gasteiger charge is 2.41. The van der Waals surface area contributed by atoms with E-state index in [1.807, 2.05) is 6.92 Å². The fraction of sp³-hybridized carbons (Fsp3) is 0.909. The van der Waals surface area contributed by atoms with Crippen molar-refractivity contribution in [3.05, 3.63) is 0 Å². The second-order valence-electron chi connectivity index (χ2n) is 5.15. The summed E-state index contributed by atoms with van der Waals surface area (Å²) in [5, 5.41) is 3.41. The molecule has 0 saturated carbocycles. The van der Waals surface area contributed by atoms with Crippen molar-refractivity contribution in [3.8, 4) is 0 Å². The molecule has 2 saturated heterocycles. The van der Waals surface area contributed by atoms with Gasteiger partial charge < -0.3 is 11.1 Å². The van der Waals surface area contributed by atoms with Crippen molar-refractivity contribution in [1.82, 2.24) is 10.2 Å². The normalized spacial score (nSPS) is 38.1. The predicted octanol–water partition coefficient (Wildman–Crippen LogP) is -0.0643. The molecule has 2 unspecified atom stereocenters. The molecule has 2 fully saturated rings. The molecule has 0 bridgehead atoms. The number of piperidine rings is 1. The summed E-state index contributed by atoms with van der Waals surface area (Å²) in [4.78, 5) is 13.8. The van der Waals surface area contributed by atoms with Gasteiger partial charge in [-0.3, -0.25) is 9.69 Å². The van der Waals surface area contributed by atoms with Crippen molar-refractivity contribution in [2.24, 2.45) is 11.1 Å². The highest BCUT2D eigenvalue weighted by molar-refractivity contribution is 5.81. The van der Waals surface area contributed by atoms with Crippen molar-refractivity contribution in [3.63, 3.8) is 0 Å². The fourth-order valence-corrected chi connectivity index (χ4v) is 2.65. The summed E-state index contributed by atoms with van der Waals surface area (Å²) in [5.74, 6) is -0.145. The van der Waals surface area contributed by atoms with Crippen molar-refractivity contribution in [1.29, 1.82) is 0 Å². The van der Waals surface area contributed by atoms with Gasteiger partial charge >= 0.3 is 0 Å². The van der Waals surface area contributed by atoms with Crippen molar-refractivity contribution in [2.75, 3.05) is 26.2 Å². The topological polar surface area (TPSA) is 58.4 Å². The van der Waals surface area contributed by atoms with Crippen LogP contribution in [-0.2, 0) is 4.79 Å². The molecule has 0 aliphatic carbocycles. The Bertz CT molecular complexity index is 250. The van der Waals surface area contributed by atoms with Gasteiger partial charge in [0.15, 0.2) is 0 Å². The molecule has 0 aromatic rings. The third-order valence-corrected chi connectivity index (χ3v) is 3.88. The molecule has 0 spiro atoms. The number of hydrogen-bond donors (Lipinski definition) is 2. The molecule has 86 valence electrons. The van der Waals surface area contributed by atoms with E-state index >= 15 is 0 Å². The van der Waals surface area contributed by atoms with Crippen LogP contribution in [0.5, 0.6) is 0 Å². The Balaban J connectivity index is 1.94. The van der Waals surface area contributed by atoms with E-state index in [0.29, 0.717) is 6.04 Å². The van der Waals surface area contributed by atoms with Crippen LogP contribution in [0.4, 0.5) is 0 Å². The highest BCUT2D eigenvalue weighted by atomic mass is 16.1. The Morgan fingerprint density at radius 2 is 2.40 bits per heavy atom. The number of carbonyl (C=O) groups is 1. The maximum absolute atomic E-state index is 11.3. The first-order valence-corrected chi connectivity index (χ1v) is 5.86. The summed E-state index contributed by atoms with van der Waals surface area (Å²) >= 11 is 0. The van der Waals surface area contributed by atoms with E-state index in [9.17, 15) is 4.79 Å². The van der Waals surface area contributed by atoms with Crippen LogP contribution >= 0.6 is 0 Å². The number of primary amides is 1. The Labute approximate surface area is 91.2 Å². The van der Waals surface area contributed by atoms with Gasteiger partial charge in [-0.1, -0.05) is 0 Å². The van der Waals surface area contributed by atoms with Crippen molar-refractivity contribution in [2.45, 2.75) is 32.2 Å².